The van der Waals surface area contributed by atoms with Crippen molar-refractivity contribution in [2.45, 2.75) is 0 Å². The second kappa shape index (κ2) is 7.70. The van der Waals surface area contributed by atoms with E-state index < -0.39 is 4.92 Å². The maximum atomic E-state index is 11.9. The van der Waals surface area contributed by atoms with Crippen molar-refractivity contribution in [3.63, 3.8) is 0 Å². The molecular weight excluding hydrogens is 296 g/mol. The number of halogens is 1. The SMILES string of the molecule is CN1CCN(/N=C\C(=O)c2ccc([N+](=O)[O-])cc2)CC1.Cl. The van der Waals surface area contributed by atoms with Crippen LogP contribution in [0.25, 0.3) is 0 Å². The number of non-ortho nitro benzene ring substituents is 1. The summed E-state index contributed by atoms with van der Waals surface area (Å²) in [6.45, 7) is 3.42. The zero-order valence-electron chi connectivity index (χ0n) is 11.6. The monoisotopic (exact) mass is 312 g/mol. The second-order valence-electron chi connectivity index (χ2n) is 4.67. The van der Waals surface area contributed by atoms with E-state index in [0.29, 0.717) is 5.56 Å². The van der Waals surface area contributed by atoms with E-state index in [1.165, 1.54) is 30.5 Å². The summed E-state index contributed by atoms with van der Waals surface area (Å²) < 4.78 is 0. The van der Waals surface area contributed by atoms with Crippen LogP contribution in [-0.2, 0) is 0 Å². The first-order valence-electron chi connectivity index (χ1n) is 6.32. The number of piperazine rings is 1. The van der Waals surface area contributed by atoms with E-state index in [2.05, 4.69) is 10.0 Å². The molecule has 0 radical (unpaired) electrons. The van der Waals surface area contributed by atoms with Crippen molar-refractivity contribution in [3.8, 4) is 0 Å². The Bertz CT molecular complexity index is 525. The lowest BCUT2D eigenvalue weighted by molar-refractivity contribution is -0.384. The topological polar surface area (TPSA) is 79.0 Å². The summed E-state index contributed by atoms with van der Waals surface area (Å²) in [6.07, 6.45) is 1.27. The number of nitro groups is 1. The van der Waals surface area contributed by atoms with Crippen LogP contribution in [0.5, 0.6) is 0 Å². The first-order chi connectivity index (χ1) is 9.56. The van der Waals surface area contributed by atoms with E-state index in [-0.39, 0.29) is 23.9 Å². The minimum Gasteiger partial charge on any atom is -0.303 e. The Morgan fingerprint density at radius 3 is 2.33 bits per heavy atom. The molecule has 2 rings (SSSR count). The smallest absolute Gasteiger partial charge is 0.269 e. The van der Waals surface area contributed by atoms with E-state index in [9.17, 15) is 14.9 Å². The number of carbonyl (C=O) groups excluding carboxylic acids is 1. The van der Waals surface area contributed by atoms with Gasteiger partial charge >= 0.3 is 0 Å². The van der Waals surface area contributed by atoms with E-state index in [4.69, 9.17) is 0 Å². The average Bonchev–Trinajstić information content (AvgIpc) is 2.46. The highest BCUT2D eigenvalue weighted by Gasteiger charge is 2.12. The van der Waals surface area contributed by atoms with Crippen LogP contribution in [0.4, 0.5) is 5.69 Å². The predicted molar refractivity (Wildman–Crippen MR) is 82.2 cm³/mol. The number of rotatable bonds is 4. The van der Waals surface area contributed by atoms with Gasteiger partial charge in [0.15, 0.2) is 0 Å². The van der Waals surface area contributed by atoms with Gasteiger partial charge in [0.2, 0.25) is 5.78 Å². The lowest BCUT2D eigenvalue weighted by Gasteiger charge is -2.30. The second-order valence-corrected chi connectivity index (χ2v) is 4.67. The molecule has 1 aromatic carbocycles. The zero-order valence-corrected chi connectivity index (χ0v) is 12.5. The third kappa shape index (κ3) is 4.80. The number of nitrogens with zero attached hydrogens (tertiary/aromatic N) is 4. The highest BCUT2D eigenvalue weighted by molar-refractivity contribution is 6.35. The van der Waals surface area contributed by atoms with Gasteiger partial charge in [0.1, 0.15) is 0 Å². The number of benzene rings is 1. The molecule has 1 fully saturated rings. The van der Waals surface area contributed by atoms with Crippen LogP contribution >= 0.6 is 12.4 Å². The Morgan fingerprint density at radius 1 is 1.24 bits per heavy atom. The highest BCUT2D eigenvalue weighted by atomic mass is 35.5. The van der Waals surface area contributed by atoms with E-state index in [1.54, 1.807) is 0 Å². The fourth-order valence-corrected chi connectivity index (χ4v) is 1.87. The molecular formula is C13H17ClN4O3. The maximum absolute atomic E-state index is 11.9. The molecule has 0 aliphatic carbocycles. The number of ketones is 1. The van der Waals surface area contributed by atoms with Gasteiger partial charge < -0.3 is 4.90 Å². The van der Waals surface area contributed by atoms with Gasteiger partial charge in [0.05, 0.1) is 11.1 Å². The number of hydrogen-bond acceptors (Lipinski definition) is 6. The van der Waals surface area contributed by atoms with Crippen LogP contribution in [0, 0.1) is 10.1 Å². The minimum atomic E-state index is -0.493. The third-order valence-electron chi connectivity index (χ3n) is 3.18. The first kappa shape index (κ1) is 17.1. The Kier molecular flexibility index (Phi) is 6.26. The van der Waals surface area contributed by atoms with Crippen molar-refractivity contribution in [3.05, 3.63) is 39.9 Å². The maximum Gasteiger partial charge on any atom is 0.269 e. The summed E-state index contributed by atoms with van der Waals surface area (Å²) in [5, 5.41) is 16.5. The predicted octanol–water partition coefficient (Wildman–Crippen LogP) is 1.43. The van der Waals surface area contributed by atoms with Gasteiger partial charge in [-0.25, -0.2) is 0 Å². The highest BCUT2D eigenvalue weighted by Crippen LogP contribution is 2.12. The van der Waals surface area contributed by atoms with Crippen molar-refractivity contribution >= 4 is 30.1 Å². The van der Waals surface area contributed by atoms with Gasteiger partial charge in [-0.05, 0) is 19.2 Å². The third-order valence-corrected chi connectivity index (χ3v) is 3.18. The van der Waals surface area contributed by atoms with Crippen LogP contribution in [0.3, 0.4) is 0 Å². The van der Waals surface area contributed by atoms with Gasteiger partial charge in [-0.2, -0.15) is 5.10 Å². The number of likely N-dealkylation sites (N-methyl/N-ethyl adjacent to an activating group) is 1. The molecule has 0 unspecified atom stereocenters. The molecule has 1 heterocycles. The molecule has 0 spiro atoms. The number of carbonyl (C=O) groups is 1. The largest absolute Gasteiger partial charge is 0.303 e. The van der Waals surface area contributed by atoms with Crippen molar-refractivity contribution in [1.29, 1.82) is 0 Å². The summed E-state index contributed by atoms with van der Waals surface area (Å²) >= 11 is 0. The van der Waals surface area contributed by atoms with Gasteiger partial charge in [-0.1, -0.05) is 0 Å². The molecule has 1 aliphatic heterocycles. The van der Waals surface area contributed by atoms with Gasteiger partial charge in [0.25, 0.3) is 5.69 Å². The molecule has 1 aromatic rings. The van der Waals surface area contributed by atoms with E-state index in [0.717, 1.165) is 26.2 Å². The van der Waals surface area contributed by atoms with Crippen LogP contribution in [-0.4, -0.2) is 60.1 Å². The molecule has 7 nitrogen and oxygen atoms in total. The summed E-state index contributed by atoms with van der Waals surface area (Å²) in [7, 11) is 2.04. The van der Waals surface area contributed by atoms with Crippen molar-refractivity contribution < 1.29 is 9.72 Å². The molecule has 0 aromatic heterocycles. The van der Waals surface area contributed by atoms with E-state index >= 15 is 0 Å². The summed E-state index contributed by atoms with van der Waals surface area (Å²) in [5.41, 5.74) is 0.367. The fraction of sp³-hybridized carbons (Fsp3) is 0.385. The van der Waals surface area contributed by atoms with Crippen molar-refractivity contribution in [2.75, 3.05) is 33.2 Å². The average molecular weight is 313 g/mol. The Balaban J connectivity index is 0.00000220. The molecule has 114 valence electrons. The molecule has 0 atom stereocenters. The molecule has 21 heavy (non-hydrogen) atoms. The molecule has 8 heteroatoms. The van der Waals surface area contributed by atoms with Crippen LogP contribution in [0.1, 0.15) is 10.4 Å². The lowest BCUT2D eigenvalue weighted by atomic mass is 10.1. The molecule has 0 saturated carbocycles. The number of hydrazone groups is 1. The normalized spacial score (nSPS) is 15.8. The lowest BCUT2D eigenvalue weighted by Crippen LogP contribution is -2.41. The van der Waals surface area contributed by atoms with Gasteiger partial charge in [-0.3, -0.25) is 19.9 Å². The Morgan fingerprint density at radius 2 is 1.81 bits per heavy atom. The Labute approximate surface area is 128 Å². The van der Waals surface area contributed by atoms with Gasteiger partial charge in [-0.15, -0.1) is 12.4 Å². The molecule has 0 amide bonds. The van der Waals surface area contributed by atoms with Crippen molar-refractivity contribution in [2.24, 2.45) is 5.10 Å². The Hall–Kier alpha value is -1.99. The quantitative estimate of drug-likeness (QED) is 0.364. The zero-order chi connectivity index (χ0) is 14.5. The van der Waals surface area contributed by atoms with Crippen molar-refractivity contribution in [1.82, 2.24) is 9.91 Å². The fourth-order valence-electron chi connectivity index (χ4n) is 1.87. The number of hydrogen-bond donors (Lipinski definition) is 0. The first-order valence-corrected chi connectivity index (χ1v) is 6.32. The molecule has 0 bridgehead atoms. The summed E-state index contributed by atoms with van der Waals surface area (Å²) in [5.74, 6) is -0.251. The van der Waals surface area contributed by atoms with Crippen LogP contribution in [0.15, 0.2) is 29.4 Å². The number of Topliss-reactive ketones (excluding diaryl/α,β-unsaturated/α-hetero) is 1. The van der Waals surface area contributed by atoms with Crippen LogP contribution in [0.2, 0.25) is 0 Å². The minimum absolute atomic E-state index is 0. The summed E-state index contributed by atoms with van der Waals surface area (Å²) in [6, 6.07) is 5.51. The van der Waals surface area contributed by atoms with Gasteiger partial charge in [0, 0.05) is 43.9 Å². The number of nitro benzene ring substituents is 1. The van der Waals surface area contributed by atoms with Crippen LogP contribution < -0.4 is 0 Å². The van der Waals surface area contributed by atoms with E-state index in [1.807, 2.05) is 12.1 Å². The molecule has 0 N–H and O–H groups in total. The standard InChI is InChI=1S/C13H16N4O3.ClH/c1-15-6-8-16(9-7-15)14-10-13(18)11-2-4-12(5-3-11)17(19)20;/h2-5,10H,6-9H2,1H3;1H/b14-10-;. The molecule has 1 saturated heterocycles. The summed E-state index contributed by atoms with van der Waals surface area (Å²) in [4.78, 5) is 24.1. The molecule has 1 aliphatic rings.